The lowest BCUT2D eigenvalue weighted by molar-refractivity contribution is -0.133. The van der Waals surface area contributed by atoms with E-state index in [9.17, 15) is 4.79 Å². The number of hydrogen-bond donors (Lipinski definition) is 1. The highest BCUT2D eigenvalue weighted by Gasteiger charge is 2.23. The van der Waals surface area contributed by atoms with Crippen LogP contribution in [-0.2, 0) is 24.3 Å². The van der Waals surface area contributed by atoms with Crippen LogP contribution in [0.4, 0.5) is 0 Å². The van der Waals surface area contributed by atoms with Crippen molar-refractivity contribution in [3.8, 4) is 10.6 Å². The van der Waals surface area contributed by atoms with E-state index >= 15 is 0 Å². The van der Waals surface area contributed by atoms with Crippen molar-refractivity contribution < 1.29 is 4.79 Å². The van der Waals surface area contributed by atoms with E-state index in [0.29, 0.717) is 29.5 Å². The third kappa shape index (κ3) is 2.84. The molecule has 10 heteroatoms. The number of hydrogen-bond acceptors (Lipinski definition) is 6. The number of halogens is 1. The highest BCUT2D eigenvalue weighted by Crippen LogP contribution is 2.29. The Hall–Kier alpha value is -2.26. The largest absolute Gasteiger partial charge is 0.335 e. The molecule has 1 aliphatic heterocycles. The molecule has 0 saturated heterocycles. The fourth-order valence-corrected chi connectivity index (χ4v) is 3.49. The predicted octanol–water partition coefficient (Wildman–Crippen LogP) is 1.36. The smallest absolute Gasteiger partial charge is 0.244 e. The van der Waals surface area contributed by atoms with Crippen LogP contribution in [0.5, 0.6) is 0 Å². The normalized spacial score (nSPS) is 14.0. The first-order chi connectivity index (χ1) is 11.2. The maximum absolute atomic E-state index is 12.4. The lowest BCUT2D eigenvalue weighted by atomic mass is 10.1. The Morgan fingerprint density at radius 3 is 3.04 bits per heavy atom. The van der Waals surface area contributed by atoms with Gasteiger partial charge in [0.2, 0.25) is 5.91 Å². The molecule has 3 aromatic heterocycles. The van der Waals surface area contributed by atoms with Crippen molar-refractivity contribution in [1.29, 1.82) is 0 Å². The van der Waals surface area contributed by atoms with Gasteiger partial charge in [-0.25, -0.2) is 4.68 Å². The molecular weight excluding hydrogens is 338 g/mol. The number of nitrogens with zero attached hydrogens (tertiary/aromatic N) is 6. The van der Waals surface area contributed by atoms with Crippen molar-refractivity contribution >= 4 is 28.8 Å². The van der Waals surface area contributed by atoms with Crippen LogP contribution in [-0.4, -0.2) is 47.8 Å². The second kappa shape index (κ2) is 5.74. The second-order valence-corrected chi connectivity index (χ2v) is 6.90. The molecule has 0 unspecified atom stereocenters. The molecule has 4 rings (SSSR count). The minimum Gasteiger partial charge on any atom is -0.335 e. The number of rotatable bonds is 3. The van der Waals surface area contributed by atoms with Gasteiger partial charge in [-0.05, 0) is 12.1 Å². The molecule has 4 heterocycles. The van der Waals surface area contributed by atoms with Gasteiger partial charge in [-0.3, -0.25) is 4.79 Å². The molecule has 0 spiro atoms. The number of H-pyrrole nitrogens is 1. The summed E-state index contributed by atoms with van der Waals surface area (Å²) in [6.07, 6.45) is 2.47. The van der Waals surface area contributed by atoms with E-state index in [2.05, 4.69) is 25.7 Å². The maximum atomic E-state index is 12.4. The second-order valence-electron chi connectivity index (χ2n) is 5.19. The summed E-state index contributed by atoms with van der Waals surface area (Å²) in [4.78, 5) is 15.1. The van der Waals surface area contributed by atoms with Gasteiger partial charge < -0.3 is 4.90 Å². The Labute approximate surface area is 140 Å². The Bertz CT molecular complexity index is 854. The standard InChI is InChI=1S/C13H12ClN7OS/c14-12-2-1-11(23-12)10-6-21(19-17-10)7-13(22)20-4-3-8-9(5-20)16-18-15-8/h1-2,6H,3-5,7H2,(H,15,16,18). The third-order valence-corrected chi connectivity index (χ3v) is 4.93. The molecule has 118 valence electrons. The average molecular weight is 350 g/mol. The third-order valence-electron chi connectivity index (χ3n) is 3.68. The van der Waals surface area contributed by atoms with Gasteiger partial charge in [0.1, 0.15) is 17.9 Å². The molecule has 0 saturated carbocycles. The van der Waals surface area contributed by atoms with Gasteiger partial charge in [0.05, 0.1) is 27.6 Å². The van der Waals surface area contributed by atoms with E-state index < -0.39 is 0 Å². The Morgan fingerprint density at radius 2 is 2.22 bits per heavy atom. The van der Waals surface area contributed by atoms with Gasteiger partial charge in [-0.2, -0.15) is 15.4 Å². The fourth-order valence-electron chi connectivity index (χ4n) is 2.49. The number of thiophene rings is 1. The predicted molar refractivity (Wildman–Crippen MR) is 83.8 cm³/mol. The topological polar surface area (TPSA) is 92.6 Å². The van der Waals surface area contributed by atoms with Crippen molar-refractivity contribution in [1.82, 2.24) is 35.3 Å². The summed E-state index contributed by atoms with van der Waals surface area (Å²) in [7, 11) is 0. The van der Waals surface area contributed by atoms with Crippen LogP contribution in [0.1, 0.15) is 11.4 Å². The highest BCUT2D eigenvalue weighted by atomic mass is 35.5. The molecule has 1 amide bonds. The van der Waals surface area contributed by atoms with Crippen LogP contribution in [0.25, 0.3) is 10.6 Å². The minimum absolute atomic E-state index is 0.0145. The SMILES string of the molecule is O=C(Cn1cc(-c2ccc(Cl)s2)nn1)N1CCc2n[nH]nc2C1. The Balaban J connectivity index is 1.44. The zero-order valence-corrected chi connectivity index (χ0v) is 13.5. The number of aromatic nitrogens is 6. The highest BCUT2D eigenvalue weighted by molar-refractivity contribution is 7.19. The van der Waals surface area contributed by atoms with E-state index in [1.165, 1.54) is 11.3 Å². The molecule has 0 atom stereocenters. The van der Waals surface area contributed by atoms with Crippen molar-refractivity contribution in [2.45, 2.75) is 19.5 Å². The van der Waals surface area contributed by atoms with Gasteiger partial charge in [-0.15, -0.1) is 16.4 Å². The summed E-state index contributed by atoms with van der Waals surface area (Å²) in [5.74, 6) is -0.0145. The summed E-state index contributed by atoms with van der Waals surface area (Å²) in [6, 6.07) is 3.70. The first-order valence-electron chi connectivity index (χ1n) is 7.01. The van der Waals surface area contributed by atoms with E-state index in [0.717, 1.165) is 16.3 Å². The summed E-state index contributed by atoms with van der Waals surface area (Å²) < 4.78 is 2.24. The Kier molecular flexibility index (Phi) is 3.58. The molecule has 0 aromatic carbocycles. The Morgan fingerprint density at radius 1 is 1.35 bits per heavy atom. The van der Waals surface area contributed by atoms with Crippen LogP contribution in [0.3, 0.4) is 0 Å². The number of carbonyl (C=O) groups is 1. The molecule has 23 heavy (non-hydrogen) atoms. The molecule has 1 aliphatic rings. The average Bonchev–Trinajstić information content (AvgIpc) is 3.26. The van der Waals surface area contributed by atoms with Crippen molar-refractivity contribution in [2.24, 2.45) is 0 Å². The first kappa shape index (κ1) is 14.3. The van der Waals surface area contributed by atoms with Crippen molar-refractivity contribution in [3.63, 3.8) is 0 Å². The van der Waals surface area contributed by atoms with Crippen LogP contribution < -0.4 is 0 Å². The monoisotopic (exact) mass is 349 g/mol. The van der Waals surface area contributed by atoms with Crippen LogP contribution in [0.2, 0.25) is 4.34 Å². The summed E-state index contributed by atoms with van der Waals surface area (Å²) in [6.45, 7) is 1.27. The fraction of sp³-hybridized carbons (Fsp3) is 0.308. The van der Waals surface area contributed by atoms with Gasteiger partial charge in [0.25, 0.3) is 0 Å². The van der Waals surface area contributed by atoms with Crippen molar-refractivity contribution in [2.75, 3.05) is 6.54 Å². The zero-order chi connectivity index (χ0) is 15.8. The molecule has 0 radical (unpaired) electrons. The summed E-state index contributed by atoms with van der Waals surface area (Å²) in [5.41, 5.74) is 2.48. The number of nitrogens with one attached hydrogen (secondary N) is 1. The maximum Gasteiger partial charge on any atom is 0.244 e. The molecule has 1 N–H and O–H groups in total. The molecule has 0 aliphatic carbocycles. The molecule has 8 nitrogen and oxygen atoms in total. The van der Waals surface area contributed by atoms with E-state index in [4.69, 9.17) is 11.6 Å². The van der Waals surface area contributed by atoms with Gasteiger partial charge in [0, 0.05) is 13.0 Å². The zero-order valence-electron chi connectivity index (χ0n) is 11.9. The quantitative estimate of drug-likeness (QED) is 0.770. The van der Waals surface area contributed by atoms with E-state index in [-0.39, 0.29) is 12.5 Å². The molecular formula is C13H12ClN7OS. The lowest BCUT2D eigenvalue weighted by Gasteiger charge is -2.25. The first-order valence-corrected chi connectivity index (χ1v) is 8.20. The summed E-state index contributed by atoms with van der Waals surface area (Å²) >= 11 is 7.35. The number of carbonyl (C=O) groups excluding carboxylic acids is 1. The molecule has 3 aromatic rings. The number of fused-ring (bicyclic) bond motifs is 1. The van der Waals surface area contributed by atoms with E-state index in [1.54, 1.807) is 15.8 Å². The van der Waals surface area contributed by atoms with Crippen LogP contribution >= 0.6 is 22.9 Å². The van der Waals surface area contributed by atoms with Crippen LogP contribution in [0.15, 0.2) is 18.3 Å². The molecule has 0 fully saturated rings. The van der Waals surface area contributed by atoms with Crippen molar-refractivity contribution in [3.05, 3.63) is 34.1 Å². The number of aromatic amines is 1. The van der Waals surface area contributed by atoms with Gasteiger partial charge >= 0.3 is 0 Å². The van der Waals surface area contributed by atoms with Gasteiger partial charge in [-0.1, -0.05) is 16.8 Å². The lowest BCUT2D eigenvalue weighted by Crippen LogP contribution is -2.38. The van der Waals surface area contributed by atoms with E-state index in [1.807, 2.05) is 12.1 Å². The summed E-state index contributed by atoms with van der Waals surface area (Å²) in [5, 5.41) is 18.8. The van der Waals surface area contributed by atoms with Crippen LogP contribution in [0, 0.1) is 0 Å². The molecule has 0 bridgehead atoms. The van der Waals surface area contributed by atoms with Gasteiger partial charge in [0.15, 0.2) is 0 Å². The minimum atomic E-state index is -0.0145. The number of amides is 1.